The average Bonchev–Trinajstić information content (AvgIpc) is 3.18. The SMILES string of the molecule is C1=NC(c2ccc3ccccc3c2)NC(c2cccc3oc4ccccc4c23)=N1. The molecule has 1 aliphatic rings. The van der Waals surface area contributed by atoms with Gasteiger partial charge in [0.2, 0.25) is 0 Å². The predicted molar refractivity (Wildman–Crippen MR) is 119 cm³/mol. The van der Waals surface area contributed by atoms with Crippen molar-refractivity contribution in [2.45, 2.75) is 6.17 Å². The summed E-state index contributed by atoms with van der Waals surface area (Å²) in [4.78, 5) is 9.11. The van der Waals surface area contributed by atoms with Gasteiger partial charge in [0.05, 0.1) is 0 Å². The number of hydrogen-bond acceptors (Lipinski definition) is 4. The summed E-state index contributed by atoms with van der Waals surface area (Å²) in [7, 11) is 0. The number of nitrogens with one attached hydrogen (secondary N) is 1. The number of aliphatic imine (C=N–C) groups is 2. The van der Waals surface area contributed by atoms with Gasteiger partial charge in [0, 0.05) is 16.3 Å². The Morgan fingerprint density at radius 1 is 0.759 bits per heavy atom. The topological polar surface area (TPSA) is 49.9 Å². The molecule has 0 amide bonds. The minimum absolute atomic E-state index is 0.180. The van der Waals surface area contributed by atoms with Crippen molar-refractivity contribution in [1.82, 2.24) is 5.32 Å². The summed E-state index contributed by atoms with van der Waals surface area (Å²) in [5, 5.41) is 8.09. The first kappa shape index (κ1) is 16.1. The number of nitrogens with zero attached hydrogens (tertiary/aromatic N) is 2. The van der Waals surface area contributed by atoms with Crippen molar-refractivity contribution in [2.75, 3.05) is 0 Å². The minimum Gasteiger partial charge on any atom is -0.456 e. The van der Waals surface area contributed by atoms with Crippen LogP contribution in [0.1, 0.15) is 17.3 Å². The maximum atomic E-state index is 6.03. The second-order valence-corrected chi connectivity index (χ2v) is 7.17. The molecule has 1 unspecified atom stereocenters. The summed E-state index contributed by atoms with van der Waals surface area (Å²) in [5.41, 5.74) is 3.87. The molecule has 29 heavy (non-hydrogen) atoms. The Bertz CT molecular complexity index is 1440. The number of fused-ring (bicyclic) bond motifs is 4. The van der Waals surface area contributed by atoms with Crippen LogP contribution in [0.25, 0.3) is 32.7 Å². The van der Waals surface area contributed by atoms with Crippen molar-refractivity contribution < 1.29 is 4.42 Å². The van der Waals surface area contributed by atoms with Gasteiger partial charge in [-0.15, -0.1) is 0 Å². The lowest BCUT2D eigenvalue weighted by atomic mass is 10.0. The van der Waals surface area contributed by atoms with Crippen LogP contribution in [0.2, 0.25) is 0 Å². The highest BCUT2D eigenvalue weighted by atomic mass is 16.3. The van der Waals surface area contributed by atoms with Crippen LogP contribution in [0.5, 0.6) is 0 Å². The number of para-hydroxylation sites is 1. The van der Waals surface area contributed by atoms with Gasteiger partial charge in [0.15, 0.2) is 0 Å². The number of furan rings is 1. The van der Waals surface area contributed by atoms with Crippen LogP contribution in [0.3, 0.4) is 0 Å². The Kier molecular flexibility index (Phi) is 3.50. The molecule has 1 aromatic heterocycles. The lowest BCUT2D eigenvalue weighted by molar-refractivity contribution is 0.668. The summed E-state index contributed by atoms with van der Waals surface area (Å²) in [5.74, 6) is 0.801. The summed E-state index contributed by atoms with van der Waals surface area (Å²) in [6, 6.07) is 29.0. The molecule has 6 rings (SSSR count). The lowest BCUT2D eigenvalue weighted by Gasteiger charge is -2.21. The Balaban J connectivity index is 1.44. The molecule has 1 N–H and O–H groups in total. The molecule has 4 nitrogen and oxygen atoms in total. The molecule has 0 saturated heterocycles. The normalized spacial score (nSPS) is 16.3. The van der Waals surface area contributed by atoms with Gasteiger partial charge >= 0.3 is 0 Å². The van der Waals surface area contributed by atoms with Crippen LogP contribution in [0, 0.1) is 0 Å². The van der Waals surface area contributed by atoms with E-state index >= 15 is 0 Å². The number of benzene rings is 4. The lowest BCUT2D eigenvalue weighted by Crippen LogP contribution is -2.31. The van der Waals surface area contributed by atoms with Crippen LogP contribution in [0.4, 0.5) is 0 Å². The fraction of sp³-hybridized carbons (Fsp3) is 0.0400. The molecule has 4 heteroatoms. The number of rotatable bonds is 2. The molecular weight excluding hydrogens is 358 g/mol. The highest BCUT2D eigenvalue weighted by Gasteiger charge is 2.20. The third-order valence-corrected chi connectivity index (χ3v) is 5.42. The van der Waals surface area contributed by atoms with E-state index < -0.39 is 0 Å². The highest BCUT2D eigenvalue weighted by Crippen LogP contribution is 2.32. The number of hydrogen-bond donors (Lipinski definition) is 1. The largest absolute Gasteiger partial charge is 0.456 e. The van der Waals surface area contributed by atoms with Gasteiger partial charge < -0.3 is 9.73 Å². The second kappa shape index (κ2) is 6.31. The molecular formula is C25H17N3O. The van der Waals surface area contributed by atoms with E-state index in [0.29, 0.717) is 0 Å². The van der Waals surface area contributed by atoms with E-state index in [1.807, 2.05) is 30.3 Å². The van der Waals surface area contributed by atoms with Crippen molar-refractivity contribution in [3.63, 3.8) is 0 Å². The first-order valence-corrected chi connectivity index (χ1v) is 9.62. The fourth-order valence-electron chi connectivity index (χ4n) is 4.03. The Hall–Kier alpha value is -3.92. The molecule has 2 heterocycles. The summed E-state index contributed by atoms with van der Waals surface area (Å²) in [6.07, 6.45) is 1.47. The van der Waals surface area contributed by atoms with Crippen molar-refractivity contribution in [1.29, 1.82) is 0 Å². The zero-order valence-corrected chi connectivity index (χ0v) is 15.5. The zero-order valence-electron chi connectivity index (χ0n) is 15.5. The van der Waals surface area contributed by atoms with E-state index in [2.05, 4.69) is 69.9 Å². The molecule has 1 atom stereocenters. The molecule has 0 saturated carbocycles. The Labute approximate surface area is 167 Å². The van der Waals surface area contributed by atoms with Crippen molar-refractivity contribution >= 4 is 44.9 Å². The van der Waals surface area contributed by atoms with Crippen molar-refractivity contribution in [2.24, 2.45) is 9.98 Å². The quantitative estimate of drug-likeness (QED) is 0.423. The van der Waals surface area contributed by atoms with Gasteiger partial charge in [-0.05, 0) is 34.5 Å². The maximum absolute atomic E-state index is 6.03. The van der Waals surface area contributed by atoms with Gasteiger partial charge in [-0.1, -0.05) is 66.7 Å². The molecule has 138 valence electrons. The summed E-state index contributed by atoms with van der Waals surface area (Å²) < 4.78 is 6.03. The summed E-state index contributed by atoms with van der Waals surface area (Å²) in [6.45, 7) is 0. The standard InChI is InChI=1S/C25H17N3O/c1-2-7-17-14-18(13-12-16(17)6-1)24-26-15-27-25(28-24)20-9-5-11-22-23(20)19-8-3-4-10-21(19)29-22/h1-15,24H,(H,26,27,28). The van der Waals surface area contributed by atoms with Crippen LogP contribution in [0.15, 0.2) is 99.3 Å². The van der Waals surface area contributed by atoms with Gasteiger partial charge in [-0.2, -0.15) is 0 Å². The third-order valence-electron chi connectivity index (χ3n) is 5.42. The monoisotopic (exact) mass is 375 g/mol. The van der Waals surface area contributed by atoms with Crippen LogP contribution >= 0.6 is 0 Å². The minimum atomic E-state index is -0.180. The molecule has 1 aliphatic heterocycles. The molecule has 4 aromatic carbocycles. The van der Waals surface area contributed by atoms with E-state index in [-0.39, 0.29) is 6.17 Å². The molecule has 0 radical (unpaired) electrons. The Morgan fingerprint density at radius 2 is 1.59 bits per heavy atom. The van der Waals surface area contributed by atoms with E-state index in [0.717, 1.165) is 38.9 Å². The summed E-state index contributed by atoms with van der Waals surface area (Å²) >= 11 is 0. The first-order chi connectivity index (χ1) is 14.4. The van der Waals surface area contributed by atoms with Crippen LogP contribution in [-0.4, -0.2) is 12.2 Å². The maximum Gasteiger partial charge on any atom is 0.147 e. The second-order valence-electron chi connectivity index (χ2n) is 7.17. The van der Waals surface area contributed by atoms with Crippen molar-refractivity contribution in [3.8, 4) is 0 Å². The van der Waals surface area contributed by atoms with Gasteiger partial charge in [0.25, 0.3) is 0 Å². The zero-order chi connectivity index (χ0) is 19.2. The molecule has 5 aromatic rings. The van der Waals surface area contributed by atoms with Crippen molar-refractivity contribution in [3.05, 3.63) is 96.1 Å². The van der Waals surface area contributed by atoms with Crippen LogP contribution in [-0.2, 0) is 0 Å². The first-order valence-electron chi connectivity index (χ1n) is 9.62. The predicted octanol–water partition coefficient (Wildman–Crippen LogP) is 5.82. The molecule has 0 fully saturated rings. The highest BCUT2D eigenvalue weighted by molar-refractivity contribution is 6.19. The van der Waals surface area contributed by atoms with E-state index in [1.165, 1.54) is 10.8 Å². The Morgan fingerprint density at radius 3 is 2.55 bits per heavy atom. The van der Waals surface area contributed by atoms with E-state index in [9.17, 15) is 0 Å². The van der Waals surface area contributed by atoms with E-state index in [1.54, 1.807) is 6.34 Å². The van der Waals surface area contributed by atoms with Gasteiger partial charge in [0.1, 0.15) is 29.5 Å². The molecule has 0 bridgehead atoms. The van der Waals surface area contributed by atoms with Crippen LogP contribution < -0.4 is 5.32 Å². The third kappa shape index (κ3) is 2.61. The average molecular weight is 375 g/mol. The number of amidine groups is 1. The molecule has 0 aliphatic carbocycles. The van der Waals surface area contributed by atoms with Gasteiger partial charge in [-0.3, -0.25) is 0 Å². The smallest absolute Gasteiger partial charge is 0.147 e. The van der Waals surface area contributed by atoms with Gasteiger partial charge in [-0.25, -0.2) is 9.98 Å². The van der Waals surface area contributed by atoms with E-state index in [4.69, 9.17) is 4.42 Å². The fourth-order valence-corrected chi connectivity index (χ4v) is 4.03. The molecule has 0 spiro atoms.